The van der Waals surface area contributed by atoms with Crippen molar-refractivity contribution >= 4 is 15.9 Å². The first kappa shape index (κ1) is 18.8. The third-order valence-corrected chi connectivity index (χ3v) is 5.29. The van der Waals surface area contributed by atoms with Gasteiger partial charge in [0.25, 0.3) is 0 Å². The number of aromatic nitrogens is 1. The number of hydrogen-bond donors (Lipinski definition) is 2. The van der Waals surface area contributed by atoms with Gasteiger partial charge in [-0.1, -0.05) is 30.3 Å². The Kier molecular flexibility index (Phi) is 5.68. The molecule has 0 atom stereocenters. The second-order valence-corrected chi connectivity index (χ2v) is 7.71. The molecular formula is C19H19N3O4S. The summed E-state index contributed by atoms with van der Waals surface area (Å²) in [6.45, 7) is 0.218. The molecule has 0 bridgehead atoms. The predicted octanol–water partition coefficient (Wildman–Crippen LogP) is 2.11. The average Bonchev–Trinajstić information content (AvgIpc) is 3.16. The highest BCUT2D eigenvalue weighted by Gasteiger charge is 2.13. The van der Waals surface area contributed by atoms with Crippen molar-refractivity contribution in [1.29, 1.82) is 0 Å². The molecule has 0 radical (unpaired) electrons. The van der Waals surface area contributed by atoms with E-state index in [2.05, 4.69) is 15.0 Å². The Morgan fingerprint density at radius 2 is 1.89 bits per heavy atom. The van der Waals surface area contributed by atoms with E-state index in [-0.39, 0.29) is 23.8 Å². The van der Waals surface area contributed by atoms with Crippen LogP contribution >= 0.6 is 0 Å². The minimum absolute atomic E-state index is 0.0742. The summed E-state index contributed by atoms with van der Waals surface area (Å²) < 4.78 is 31.3. The van der Waals surface area contributed by atoms with Crippen molar-refractivity contribution in [2.45, 2.75) is 17.9 Å². The van der Waals surface area contributed by atoms with E-state index in [1.165, 1.54) is 25.4 Å². The van der Waals surface area contributed by atoms with E-state index in [0.29, 0.717) is 17.1 Å². The lowest BCUT2D eigenvalue weighted by molar-refractivity contribution is -0.120. The first-order chi connectivity index (χ1) is 13.0. The Hall–Kier alpha value is -2.97. The molecule has 8 heteroatoms. The Balaban J connectivity index is 1.59. The summed E-state index contributed by atoms with van der Waals surface area (Å²) in [6.07, 6.45) is 1.53. The van der Waals surface area contributed by atoms with Crippen LogP contribution in [0, 0.1) is 0 Å². The number of nitrogens with zero attached hydrogens (tertiary/aromatic N) is 1. The van der Waals surface area contributed by atoms with Gasteiger partial charge in [0.1, 0.15) is 6.26 Å². The molecule has 0 fully saturated rings. The Morgan fingerprint density at radius 3 is 2.63 bits per heavy atom. The van der Waals surface area contributed by atoms with Crippen LogP contribution in [0.2, 0.25) is 0 Å². The molecule has 1 aromatic heterocycles. The second-order valence-electron chi connectivity index (χ2n) is 5.82. The molecule has 0 aliphatic carbocycles. The van der Waals surface area contributed by atoms with Gasteiger partial charge < -0.3 is 9.73 Å². The van der Waals surface area contributed by atoms with Crippen LogP contribution in [0.5, 0.6) is 0 Å². The van der Waals surface area contributed by atoms with E-state index in [1.54, 1.807) is 12.1 Å². The van der Waals surface area contributed by atoms with Crippen LogP contribution < -0.4 is 10.0 Å². The summed E-state index contributed by atoms with van der Waals surface area (Å²) >= 11 is 0. The summed E-state index contributed by atoms with van der Waals surface area (Å²) in [5.41, 5.74) is 2.05. The fourth-order valence-corrected chi connectivity index (χ4v) is 3.27. The van der Waals surface area contributed by atoms with Gasteiger partial charge in [-0.3, -0.25) is 4.79 Å². The molecule has 2 N–H and O–H groups in total. The Labute approximate surface area is 157 Å². The standard InChI is InChI=1S/C19H19N3O4S/c1-20-27(24,25)17-9-5-6-14(10-17)12-21-18(23)11-16-13-26-19(22-16)15-7-3-2-4-8-15/h2-10,13,20H,11-12H2,1H3,(H,21,23). The SMILES string of the molecule is CNS(=O)(=O)c1cccc(CNC(=O)Cc2coc(-c3ccccc3)n2)c1. The van der Waals surface area contributed by atoms with Crippen LogP contribution in [0.1, 0.15) is 11.3 Å². The van der Waals surface area contributed by atoms with E-state index < -0.39 is 10.0 Å². The summed E-state index contributed by atoms with van der Waals surface area (Å²) in [5.74, 6) is 0.230. The fraction of sp³-hybridized carbons (Fsp3) is 0.158. The average molecular weight is 385 g/mol. The highest BCUT2D eigenvalue weighted by molar-refractivity contribution is 7.89. The van der Waals surface area contributed by atoms with Gasteiger partial charge in [0.15, 0.2) is 0 Å². The highest BCUT2D eigenvalue weighted by atomic mass is 32.2. The number of rotatable bonds is 7. The van der Waals surface area contributed by atoms with Crippen molar-refractivity contribution in [3.8, 4) is 11.5 Å². The van der Waals surface area contributed by atoms with E-state index in [0.717, 1.165) is 5.56 Å². The molecule has 0 saturated carbocycles. The van der Waals surface area contributed by atoms with Crippen LogP contribution in [0.3, 0.4) is 0 Å². The van der Waals surface area contributed by atoms with Gasteiger partial charge in [-0.15, -0.1) is 0 Å². The normalized spacial score (nSPS) is 11.3. The predicted molar refractivity (Wildman–Crippen MR) is 100 cm³/mol. The molecular weight excluding hydrogens is 366 g/mol. The molecule has 3 aromatic rings. The van der Waals surface area contributed by atoms with Crippen molar-refractivity contribution in [1.82, 2.24) is 15.0 Å². The summed E-state index contributed by atoms with van der Waals surface area (Å²) in [4.78, 5) is 16.6. The minimum atomic E-state index is -3.52. The van der Waals surface area contributed by atoms with E-state index in [4.69, 9.17) is 4.42 Å². The summed E-state index contributed by atoms with van der Waals surface area (Å²) in [7, 11) is -2.16. The minimum Gasteiger partial charge on any atom is -0.444 e. The monoisotopic (exact) mass is 385 g/mol. The third kappa shape index (κ3) is 4.81. The van der Waals surface area contributed by atoms with Crippen LogP contribution in [0.4, 0.5) is 0 Å². The maximum atomic E-state index is 12.1. The van der Waals surface area contributed by atoms with E-state index in [1.807, 2.05) is 30.3 Å². The maximum absolute atomic E-state index is 12.1. The molecule has 3 rings (SSSR count). The van der Waals surface area contributed by atoms with Crippen molar-refractivity contribution < 1.29 is 17.6 Å². The summed E-state index contributed by atoms with van der Waals surface area (Å²) in [5, 5.41) is 2.76. The lowest BCUT2D eigenvalue weighted by Crippen LogP contribution is -2.25. The number of amides is 1. The van der Waals surface area contributed by atoms with Crippen LogP contribution in [0.15, 0.2) is 70.2 Å². The lowest BCUT2D eigenvalue weighted by atomic mass is 10.2. The second kappa shape index (κ2) is 8.15. The van der Waals surface area contributed by atoms with Gasteiger partial charge in [0.2, 0.25) is 21.8 Å². The number of oxazole rings is 1. The number of sulfonamides is 1. The third-order valence-electron chi connectivity index (χ3n) is 3.88. The fourth-order valence-electron chi connectivity index (χ4n) is 2.47. The van der Waals surface area contributed by atoms with E-state index >= 15 is 0 Å². The molecule has 0 spiro atoms. The van der Waals surface area contributed by atoms with Crippen molar-refractivity contribution in [3.05, 3.63) is 72.1 Å². The largest absolute Gasteiger partial charge is 0.444 e. The van der Waals surface area contributed by atoms with Crippen LogP contribution in [-0.4, -0.2) is 26.4 Å². The molecule has 140 valence electrons. The first-order valence-electron chi connectivity index (χ1n) is 8.27. The van der Waals surface area contributed by atoms with Crippen LogP contribution in [-0.2, 0) is 27.8 Å². The zero-order valence-corrected chi connectivity index (χ0v) is 15.5. The molecule has 0 saturated heterocycles. The molecule has 0 aliphatic rings. The molecule has 0 aliphatic heterocycles. The maximum Gasteiger partial charge on any atom is 0.240 e. The Morgan fingerprint density at radius 1 is 1.11 bits per heavy atom. The first-order valence-corrected chi connectivity index (χ1v) is 9.75. The van der Waals surface area contributed by atoms with Gasteiger partial charge in [-0.05, 0) is 36.9 Å². The zero-order chi connectivity index (χ0) is 19.3. The number of hydrogen-bond acceptors (Lipinski definition) is 5. The molecule has 7 nitrogen and oxygen atoms in total. The number of nitrogens with one attached hydrogen (secondary N) is 2. The van der Waals surface area contributed by atoms with Gasteiger partial charge in [-0.2, -0.15) is 0 Å². The van der Waals surface area contributed by atoms with Gasteiger partial charge >= 0.3 is 0 Å². The number of carbonyl (C=O) groups is 1. The summed E-state index contributed by atoms with van der Waals surface area (Å²) in [6, 6.07) is 15.8. The van der Waals surface area contributed by atoms with E-state index in [9.17, 15) is 13.2 Å². The van der Waals surface area contributed by atoms with Crippen molar-refractivity contribution in [2.24, 2.45) is 0 Å². The quantitative estimate of drug-likeness (QED) is 0.649. The van der Waals surface area contributed by atoms with Gasteiger partial charge in [0, 0.05) is 12.1 Å². The Bertz CT molecular complexity index is 1030. The lowest BCUT2D eigenvalue weighted by Gasteiger charge is -2.07. The number of carbonyl (C=O) groups excluding carboxylic acids is 1. The van der Waals surface area contributed by atoms with Gasteiger partial charge in [0.05, 0.1) is 17.0 Å². The van der Waals surface area contributed by atoms with Crippen molar-refractivity contribution in [3.63, 3.8) is 0 Å². The zero-order valence-electron chi connectivity index (χ0n) is 14.7. The smallest absolute Gasteiger partial charge is 0.240 e. The number of benzene rings is 2. The molecule has 0 unspecified atom stereocenters. The molecule has 1 heterocycles. The molecule has 27 heavy (non-hydrogen) atoms. The topological polar surface area (TPSA) is 101 Å². The molecule has 2 aromatic carbocycles. The van der Waals surface area contributed by atoms with Crippen LogP contribution in [0.25, 0.3) is 11.5 Å². The van der Waals surface area contributed by atoms with Gasteiger partial charge in [-0.25, -0.2) is 18.1 Å². The van der Waals surface area contributed by atoms with Crippen molar-refractivity contribution in [2.75, 3.05) is 7.05 Å². The molecule has 1 amide bonds. The highest BCUT2D eigenvalue weighted by Crippen LogP contribution is 2.18.